The maximum Gasteiger partial charge on any atom is 0.195 e. The quantitative estimate of drug-likeness (QED) is 0.618. The molecule has 0 saturated heterocycles. The molecule has 1 aromatic rings. The van der Waals surface area contributed by atoms with Crippen molar-refractivity contribution in [3.63, 3.8) is 0 Å². The Bertz CT molecular complexity index is 246. The third-order valence-electron chi connectivity index (χ3n) is 1.12. The van der Waals surface area contributed by atoms with Crippen LogP contribution in [0.1, 0.15) is 18.1 Å². The van der Waals surface area contributed by atoms with Crippen molar-refractivity contribution in [1.29, 1.82) is 5.26 Å². The Balaban J connectivity index is 2.52. The highest BCUT2D eigenvalue weighted by molar-refractivity contribution is 4.92. The van der Waals surface area contributed by atoms with Gasteiger partial charge in [0.15, 0.2) is 5.89 Å². The van der Waals surface area contributed by atoms with Gasteiger partial charge in [-0.1, -0.05) is 0 Å². The Morgan fingerprint density at radius 3 is 3.10 bits per heavy atom. The predicted molar refractivity (Wildman–Crippen MR) is 35.2 cm³/mol. The van der Waals surface area contributed by atoms with Gasteiger partial charge in [0.2, 0.25) is 0 Å². The van der Waals surface area contributed by atoms with Crippen LogP contribution in [0.5, 0.6) is 0 Å². The van der Waals surface area contributed by atoms with Crippen LogP contribution in [-0.4, -0.2) is 4.98 Å². The topological polar surface area (TPSA) is 49.8 Å². The third kappa shape index (κ3) is 1.59. The lowest BCUT2D eigenvalue weighted by molar-refractivity contribution is 0.472. The summed E-state index contributed by atoms with van der Waals surface area (Å²) in [5.41, 5.74) is 0. The minimum absolute atomic E-state index is 0.472. The van der Waals surface area contributed by atoms with E-state index in [2.05, 4.69) is 4.98 Å². The molecule has 0 unspecified atom stereocenters. The van der Waals surface area contributed by atoms with Crippen molar-refractivity contribution < 1.29 is 4.42 Å². The molecule has 0 aliphatic heterocycles. The highest BCUT2D eigenvalue weighted by Gasteiger charge is 1.97. The van der Waals surface area contributed by atoms with Gasteiger partial charge < -0.3 is 4.42 Å². The Hall–Kier alpha value is -1.30. The highest BCUT2D eigenvalue weighted by atomic mass is 16.3. The van der Waals surface area contributed by atoms with Gasteiger partial charge >= 0.3 is 0 Å². The van der Waals surface area contributed by atoms with Gasteiger partial charge in [-0.25, -0.2) is 4.98 Å². The van der Waals surface area contributed by atoms with Crippen LogP contribution in [0, 0.1) is 18.3 Å². The molecule has 3 nitrogen and oxygen atoms in total. The van der Waals surface area contributed by atoms with Crippen molar-refractivity contribution in [3.8, 4) is 6.07 Å². The lowest BCUT2D eigenvalue weighted by Crippen LogP contribution is -1.80. The average molecular weight is 136 g/mol. The highest BCUT2D eigenvalue weighted by Crippen LogP contribution is 2.02. The SMILES string of the molecule is Cc1cnc(CCC#N)o1. The van der Waals surface area contributed by atoms with Crippen molar-refractivity contribution in [2.45, 2.75) is 19.8 Å². The molecule has 0 aliphatic carbocycles. The second-order valence-electron chi connectivity index (χ2n) is 2.02. The van der Waals surface area contributed by atoms with Crippen LogP contribution in [0.4, 0.5) is 0 Å². The first-order valence-corrected chi connectivity index (χ1v) is 3.11. The molecule has 1 aromatic heterocycles. The minimum Gasteiger partial charge on any atom is -0.446 e. The Labute approximate surface area is 59.3 Å². The summed E-state index contributed by atoms with van der Waals surface area (Å²) in [7, 11) is 0. The zero-order valence-electron chi connectivity index (χ0n) is 5.79. The van der Waals surface area contributed by atoms with Crippen LogP contribution in [0.25, 0.3) is 0 Å². The number of hydrogen-bond donors (Lipinski definition) is 0. The number of aryl methyl sites for hydroxylation is 2. The molecular weight excluding hydrogens is 128 g/mol. The fourth-order valence-electron chi connectivity index (χ4n) is 0.680. The minimum atomic E-state index is 0.472. The van der Waals surface area contributed by atoms with E-state index in [1.54, 1.807) is 6.20 Å². The summed E-state index contributed by atoms with van der Waals surface area (Å²) in [5, 5.41) is 8.21. The lowest BCUT2D eigenvalue weighted by Gasteiger charge is -1.84. The van der Waals surface area contributed by atoms with E-state index in [9.17, 15) is 0 Å². The first kappa shape index (κ1) is 6.81. The monoisotopic (exact) mass is 136 g/mol. The smallest absolute Gasteiger partial charge is 0.195 e. The molecule has 3 heteroatoms. The second kappa shape index (κ2) is 3.02. The Morgan fingerprint density at radius 2 is 2.60 bits per heavy atom. The van der Waals surface area contributed by atoms with E-state index in [-0.39, 0.29) is 0 Å². The second-order valence-corrected chi connectivity index (χ2v) is 2.02. The largest absolute Gasteiger partial charge is 0.446 e. The molecule has 0 bridgehead atoms. The van der Waals surface area contributed by atoms with Gasteiger partial charge in [0.1, 0.15) is 5.76 Å². The van der Waals surface area contributed by atoms with Crippen LogP contribution in [0.3, 0.4) is 0 Å². The van der Waals surface area contributed by atoms with Crippen molar-refractivity contribution >= 4 is 0 Å². The maximum absolute atomic E-state index is 8.21. The van der Waals surface area contributed by atoms with Crippen LogP contribution in [-0.2, 0) is 6.42 Å². The number of nitriles is 1. The number of nitrogens with zero attached hydrogens (tertiary/aromatic N) is 2. The molecule has 1 heterocycles. The number of aromatic nitrogens is 1. The molecule has 0 N–H and O–H groups in total. The summed E-state index contributed by atoms with van der Waals surface area (Å²) in [5.74, 6) is 1.45. The number of hydrogen-bond acceptors (Lipinski definition) is 3. The molecular formula is C7H8N2O. The van der Waals surface area contributed by atoms with Gasteiger partial charge in [-0.3, -0.25) is 0 Å². The molecule has 10 heavy (non-hydrogen) atoms. The Morgan fingerprint density at radius 1 is 1.80 bits per heavy atom. The molecule has 0 amide bonds. The summed E-state index contributed by atoms with van der Waals surface area (Å²) in [4.78, 5) is 3.94. The van der Waals surface area contributed by atoms with Gasteiger partial charge in [-0.15, -0.1) is 0 Å². The third-order valence-corrected chi connectivity index (χ3v) is 1.12. The molecule has 1 rings (SSSR count). The van der Waals surface area contributed by atoms with E-state index in [0.717, 1.165) is 5.76 Å². The molecule has 0 spiro atoms. The van der Waals surface area contributed by atoms with Gasteiger partial charge in [-0.2, -0.15) is 5.26 Å². The van der Waals surface area contributed by atoms with Crippen molar-refractivity contribution in [2.75, 3.05) is 0 Å². The molecule has 0 atom stereocenters. The zero-order valence-corrected chi connectivity index (χ0v) is 5.79. The first-order valence-electron chi connectivity index (χ1n) is 3.11. The van der Waals surface area contributed by atoms with Gasteiger partial charge in [0, 0.05) is 12.8 Å². The van der Waals surface area contributed by atoms with Gasteiger partial charge in [0.25, 0.3) is 0 Å². The lowest BCUT2D eigenvalue weighted by atomic mass is 10.3. The zero-order chi connectivity index (χ0) is 7.40. The summed E-state index contributed by atoms with van der Waals surface area (Å²) >= 11 is 0. The number of oxazole rings is 1. The predicted octanol–water partition coefficient (Wildman–Crippen LogP) is 1.44. The number of rotatable bonds is 2. The van der Waals surface area contributed by atoms with E-state index in [0.29, 0.717) is 18.7 Å². The van der Waals surface area contributed by atoms with E-state index < -0.39 is 0 Å². The summed E-state index contributed by atoms with van der Waals surface area (Å²) in [6.45, 7) is 1.84. The van der Waals surface area contributed by atoms with Crippen molar-refractivity contribution in [3.05, 3.63) is 17.8 Å². The van der Waals surface area contributed by atoms with E-state index in [1.807, 2.05) is 13.0 Å². The molecule has 0 aliphatic rings. The van der Waals surface area contributed by atoms with Crippen LogP contribution in [0.15, 0.2) is 10.6 Å². The van der Waals surface area contributed by atoms with Crippen LogP contribution < -0.4 is 0 Å². The van der Waals surface area contributed by atoms with Crippen molar-refractivity contribution in [1.82, 2.24) is 4.98 Å². The van der Waals surface area contributed by atoms with E-state index in [1.165, 1.54) is 0 Å². The maximum atomic E-state index is 8.21. The van der Waals surface area contributed by atoms with Crippen LogP contribution >= 0.6 is 0 Å². The Kier molecular flexibility index (Phi) is 2.06. The molecule has 0 fully saturated rings. The fourth-order valence-corrected chi connectivity index (χ4v) is 0.680. The van der Waals surface area contributed by atoms with E-state index in [4.69, 9.17) is 9.68 Å². The molecule has 52 valence electrons. The summed E-state index contributed by atoms with van der Waals surface area (Å²) < 4.78 is 5.12. The van der Waals surface area contributed by atoms with E-state index >= 15 is 0 Å². The van der Waals surface area contributed by atoms with Crippen molar-refractivity contribution in [2.24, 2.45) is 0 Å². The first-order chi connectivity index (χ1) is 4.83. The van der Waals surface area contributed by atoms with Gasteiger partial charge in [-0.05, 0) is 6.92 Å². The molecule has 0 aromatic carbocycles. The average Bonchev–Trinajstić information content (AvgIpc) is 2.31. The molecule has 0 saturated carbocycles. The summed E-state index contributed by atoms with van der Waals surface area (Å²) in [6.07, 6.45) is 2.75. The van der Waals surface area contributed by atoms with Gasteiger partial charge in [0.05, 0.1) is 12.3 Å². The standard InChI is InChI=1S/C7H8N2O/c1-6-5-9-7(10-6)3-2-4-8/h5H,2-3H2,1H3. The fraction of sp³-hybridized carbons (Fsp3) is 0.429. The molecule has 0 radical (unpaired) electrons. The van der Waals surface area contributed by atoms with Crippen LogP contribution in [0.2, 0.25) is 0 Å². The summed E-state index contributed by atoms with van der Waals surface area (Å²) in [6, 6.07) is 2.03. The normalized spacial score (nSPS) is 9.20.